The zero-order chi connectivity index (χ0) is 21.8. The Morgan fingerprint density at radius 1 is 1.16 bits per heavy atom. The highest BCUT2D eigenvalue weighted by Crippen LogP contribution is 2.29. The third-order valence-electron chi connectivity index (χ3n) is 6.11. The van der Waals surface area contributed by atoms with Crippen molar-refractivity contribution in [2.45, 2.75) is 59.4 Å². The van der Waals surface area contributed by atoms with Crippen molar-refractivity contribution >= 4 is 41.7 Å². The number of aliphatic hydroxyl groups excluding tert-OH is 1. The molecule has 31 heavy (non-hydrogen) atoms. The third kappa shape index (κ3) is 8.84. The highest BCUT2D eigenvalue weighted by molar-refractivity contribution is 14.0. The van der Waals surface area contributed by atoms with Gasteiger partial charge in [-0.2, -0.15) is 0 Å². The number of hydrogen-bond donors (Lipinski definition) is 4. The van der Waals surface area contributed by atoms with Gasteiger partial charge in [0.05, 0.1) is 6.54 Å². The Kier molecular flexibility index (Phi) is 12.9. The molecule has 1 aromatic rings. The third-order valence-corrected chi connectivity index (χ3v) is 6.11. The Balaban J connectivity index is 0.00000480. The smallest absolute Gasteiger partial charge is 0.321 e. The van der Waals surface area contributed by atoms with Crippen LogP contribution in [0, 0.1) is 5.41 Å². The summed E-state index contributed by atoms with van der Waals surface area (Å²) in [6.07, 6.45) is 4.96. The normalized spacial score (nSPS) is 14.2. The first kappa shape index (κ1) is 27.5. The maximum atomic E-state index is 12.3. The first-order chi connectivity index (χ1) is 14.6. The number of guanidine groups is 1. The fourth-order valence-electron chi connectivity index (χ4n) is 3.83. The molecule has 7 nitrogen and oxygen atoms in total. The summed E-state index contributed by atoms with van der Waals surface area (Å²) in [7, 11) is 0. The molecular formula is C23H40IN5O2. The summed E-state index contributed by atoms with van der Waals surface area (Å²) in [5.74, 6) is 0.772. The van der Waals surface area contributed by atoms with E-state index < -0.39 is 0 Å². The maximum absolute atomic E-state index is 12.3. The minimum absolute atomic E-state index is 0. The minimum atomic E-state index is -0.0255. The zero-order valence-electron chi connectivity index (χ0n) is 19.2. The summed E-state index contributed by atoms with van der Waals surface area (Å²) in [5.41, 5.74) is 1.92. The van der Waals surface area contributed by atoms with Crippen molar-refractivity contribution in [3.63, 3.8) is 0 Å². The summed E-state index contributed by atoms with van der Waals surface area (Å²) in [5, 5.41) is 19.2. The molecule has 1 aromatic carbocycles. The van der Waals surface area contributed by atoms with E-state index in [0.717, 1.165) is 75.5 Å². The monoisotopic (exact) mass is 545 g/mol. The molecule has 1 saturated heterocycles. The number of carbonyl (C=O) groups is 1. The van der Waals surface area contributed by atoms with E-state index in [1.54, 1.807) is 0 Å². The molecule has 0 aromatic heterocycles. The second-order valence-electron chi connectivity index (χ2n) is 8.05. The SMILES string of the molecule is CCNC(=NCc1cccc(NC(=O)N2CCCC2)c1)NCC(CC)(CC)CCO.I. The van der Waals surface area contributed by atoms with Crippen LogP contribution < -0.4 is 16.0 Å². The number of nitrogens with one attached hydrogen (secondary N) is 3. The van der Waals surface area contributed by atoms with Crippen molar-refractivity contribution in [3.8, 4) is 0 Å². The van der Waals surface area contributed by atoms with Gasteiger partial charge in [-0.3, -0.25) is 0 Å². The van der Waals surface area contributed by atoms with Crippen LogP contribution in [0.4, 0.5) is 10.5 Å². The standard InChI is InChI=1S/C23H39N5O2.HI/c1-4-23(5-2,12-15-29)18-26-21(24-6-3)25-17-19-10-9-11-20(16-19)27-22(30)28-13-7-8-14-28;/h9-11,16,29H,4-8,12-15,17-18H2,1-3H3,(H,27,30)(H2,24,25,26);1H. The molecule has 0 unspecified atom stereocenters. The number of aliphatic hydroxyl groups is 1. The van der Waals surface area contributed by atoms with Crippen LogP contribution in [0.3, 0.4) is 0 Å². The van der Waals surface area contributed by atoms with Crippen molar-refractivity contribution in [2.75, 3.05) is 38.1 Å². The lowest BCUT2D eigenvalue weighted by Crippen LogP contribution is -2.43. The van der Waals surface area contributed by atoms with Crippen LogP contribution in [0.15, 0.2) is 29.3 Å². The second kappa shape index (κ2) is 14.5. The summed E-state index contributed by atoms with van der Waals surface area (Å²) >= 11 is 0. The van der Waals surface area contributed by atoms with E-state index in [0.29, 0.717) is 6.54 Å². The molecule has 0 radical (unpaired) electrons. The summed E-state index contributed by atoms with van der Waals surface area (Å²) in [6, 6.07) is 7.84. The zero-order valence-corrected chi connectivity index (χ0v) is 21.6. The molecule has 0 atom stereocenters. The van der Waals surface area contributed by atoms with E-state index in [1.165, 1.54) is 0 Å². The number of aliphatic imine (C=N–C) groups is 1. The number of benzene rings is 1. The van der Waals surface area contributed by atoms with Gasteiger partial charge in [-0.25, -0.2) is 9.79 Å². The summed E-state index contributed by atoms with van der Waals surface area (Å²) < 4.78 is 0. The number of anilines is 1. The fraction of sp³-hybridized carbons (Fsp3) is 0.652. The lowest BCUT2D eigenvalue weighted by molar-refractivity contribution is 0.169. The van der Waals surface area contributed by atoms with Gasteiger partial charge in [0.1, 0.15) is 0 Å². The largest absolute Gasteiger partial charge is 0.396 e. The first-order valence-corrected chi connectivity index (χ1v) is 11.3. The van der Waals surface area contributed by atoms with Crippen molar-refractivity contribution in [1.29, 1.82) is 0 Å². The topological polar surface area (TPSA) is 89.0 Å². The van der Waals surface area contributed by atoms with Crippen molar-refractivity contribution in [3.05, 3.63) is 29.8 Å². The van der Waals surface area contributed by atoms with Crippen LogP contribution in [-0.2, 0) is 6.54 Å². The van der Waals surface area contributed by atoms with E-state index in [4.69, 9.17) is 4.99 Å². The van der Waals surface area contributed by atoms with Crippen LogP contribution >= 0.6 is 24.0 Å². The molecule has 176 valence electrons. The van der Waals surface area contributed by atoms with Gasteiger partial charge in [0.15, 0.2) is 5.96 Å². The lowest BCUT2D eigenvalue weighted by Gasteiger charge is -2.32. The Bertz CT molecular complexity index is 688. The molecule has 4 N–H and O–H groups in total. The van der Waals surface area contributed by atoms with Crippen LogP contribution in [-0.4, -0.2) is 54.8 Å². The number of urea groups is 1. The fourth-order valence-corrected chi connectivity index (χ4v) is 3.83. The van der Waals surface area contributed by atoms with Gasteiger partial charge < -0.3 is 26.0 Å². The van der Waals surface area contributed by atoms with Gasteiger partial charge in [-0.15, -0.1) is 24.0 Å². The molecule has 2 rings (SSSR count). The van der Waals surface area contributed by atoms with Crippen molar-refractivity contribution in [1.82, 2.24) is 15.5 Å². The van der Waals surface area contributed by atoms with Gasteiger partial charge in [-0.1, -0.05) is 26.0 Å². The number of likely N-dealkylation sites (tertiary alicyclic amines) is 1. The maximum Gasteiger partial charge on any atom is 0.321 e. The van der Waals surface area contributed by atoms with Crippen molar-refractivity contribution in [2.24, 2.45) is 10.4 Å². The average molecular weight is 546 g/mol. The predicted octanol–water partition coefficient (Wildman–Crippen LogP) is 4.18. The number of hydrogen-bond acceptors (Lipinski definition) is 3. The van der Waals surface area contributed by atoms with E-state index in [1.807, 2.05) is 36.1 Å². The molecule has 1 aliphatic rings. The molecule has 1 aliphatic heterocycles. The summed E-state index contributed by atoms with van der Waals surface area (Å²) in [6.45, 7) is 10.3. The van der Waals surface area contributed by atoms with Gasteiger partial charge in [0, 0.05) is 38.5 Å². The quantitative estimate of drug-likeness (QED) is 0.202. The summed E-state index contributed by atoms with van der Waals surface area (Å²) in [4.78, 5) is 18.9. The molecule has 2 amide bonds. The number of amides is 2. The van der Waals surface area contributed by atoms with E-state index in [2.05, 4.69) is 29.8 Å². The van der Waals surface area contributed by atoms with Gasteiger partial charge in [0.25, 0.3) is 0 Å². The average Bonchev–Trinajstić information content (AvgIpc) is 3.30. The minimum Gasteiger partial charge on any atom is -0.396 e. The number of rotatable bonds is 10. The van der Waals surface area contributed by atoms with Crippen LogP contribution in [0.2, 0.25) is 0 Å². The van der Waals surface area contributed by atoms with Crippen molar-refractivity contribution < 1.29 is 9.90 Å². The molecular weight excluding hydrogens is 505 g/mol. The van der Waals surface area contributed by atoms with Gasteiger partial charge >= 0.3 is 6.03 Å². The molecule has 0 spiro atoms. The van der Waals surface area contributed by atoms with Crippen LogP contribution in [0.5, 0.6) is 0 Å². The number of nitrogens with zero attached hydrogens (tertiary/aromatic N) is 2. The lowest BCUT2D eigenvalue weighted by atomic mass is 9.79. The predicted molar refractivity (Wildman–Crippen MR) is 139 cm³/mol. The van der Waals surface area contributed by atoms with Crippen LogP contribution in [0.1, 0.15) is 58.4 Å². The van der Waals surface area contributed by atoms with Gasteiger partial charge in [0.2, 0.25) is 0 Å². The first-order valence-electron chi connectivity index (χ1n) is 11.3. The highest BCUT2D eigenvalue weighted by atomic mass is 127. The van der Waals surface area contributed by atoms with E-state index in [9.17, 15) is 9.90 Å². The van der Waals surface area contributed by atoms with E-state index >= 15 is 0 Å². The number of halogens is 1. The van der Waals surface area contributed by atoms with Crippen LogP contribution in [0.25, 0.3) is 0 Å². The second-order valence-corrected chi connectivity index (χ2v) is 8.05. The Hall–Kier alpha value is -1.55. The molecule has 0 saturated carbocycles. The Morgan fingerprint density at radius 3 is 2.48 bits per heavy atom. The Labute approximate surface area is 204 Å². The highest BCUT2D eigenvalue weighted by Gasteiger charge is 2.25. The molecule has 0 aliphatic carbocycles. The molecule has 1 heterocycles. The number of carbonyl (C=O) groups excluding carboxylic acids is 1. The molecule has 1 fully saturated rings. The Morgan fingerprint density at radius 2 is 1.87 bits per heavy atom. The molecule has 0 bridgehead atoms. The van der Waals surface area contributed by atoms with Gasteiger partial charge in [-0.05, 0) is 62.1 Å². The van der Waals surface area contributed by atoms with E-state index in [-0.39, 0.29) is 42.0 Å². The molecule has 8 heteroatoms.